The molecule has 27 heavy (non-hydrogen) atoms. The van der Waals surface area contributed by atoms with E-state index in [-0.39, 0.29) is 17.8 Å². The summed E-state index contributed by atoms with van der Waals surface area (Å²) >= 11 is 6.20. The second-order valence-electron chi connectivity index (χ2n) is 6.45. The fourth-order valence-electron chi connectivity index (χ4n) is 3.31. The standard InChI is InChI=1S/C20H17ClFN3O2/c21-16-6-2-1-5-15(16)20(26)25-12-4-3-7-17(25)19-23-18(24-27-19)13-8-10-14(22)11-9-13/h1-2,5-6,8-11,17H,3-4,7,12H2. The van der Waals surface area contributed by atoms with Crippen LogP contribution in [0.15, 0.2) is 53.1 Å². The summed E-state index contributed by atoms with van der Waals surface area (Å²) < 4.78 is 18.6. The van der Waals surface area contributed by atoms with E-state index in [2.05, 4.69) is 10.1 Å². The van der Waals surface area contributed by atoms with Crippen molar-refractivity contribution in [3.8, 4) is 11.4 Å². The third kappa shape index (κ3) is 3.57. The van der Waals surface area contributed by atoms with Crippen molar-refractivity contribution in [1.29, 1.82) is 0 Å². The lowest BCUT2D eigenvalue weighted by atomic mass is 10.0. The van der Waals surface area contributed by atoms with Crippen LogP contribution in [0.2, 0.25) is 5.02 Å². The number of piperidine rings is 1. The molecule has 0 saturated carbocycles. The van der Waals surface area contributed by atoms with E-state index in [1.165, 1.54) is 12.1 Å². The van der Waals surface area contributed by atoms with Gasteiger partial charge in [0.05, 0.1) is 10.6 Å². The van der Waals surface area contributed by atoms with Crippen LogP contribution in [0.3, 0.4) is 0 Å². The molecule has 1 aliphatic rings. The second kappa shape index (κ2) is 7.48. The van der Waals surface area contributed by atoms with E-state index < -0.39 is 0 Å². The Labute approximate surface area is 160 Å². The molecule has 0 spiro atoms. The number of hydrogen-bond donors (Lipinski definition) is 0. The Morgan fingerprint density at radius 1 is 1.15 bits per heavy atom. The molecular formula is C20H17ClFN3O2. The Bertz CT molecular complexity index is 958. The van der Waals surface area contributed by atoms with E-state index in [9.17, 15) is 9.18 Å². The van der Waals surface area contributed by atoms with Gasteiger partial charge in [-0.1, -0.05) is 28.9 Å². The molecule has 2 aromatic carbocycles. The maximum Gasteiger partial charge on any atom is 0.256 e. The Morgan fingerprint density at radius 2 is 1.93 bits per heavy atom. The molecule has 3 aromatic rings. The predicted molar refractivity (Wildman–Crippen MR) is 98.8 cm³/mol. The van der Waals surface area contributed by atoms with Crippen molar-refractivity contribution in [1.82, 2.24) is 15.0 Å². The first-order chi connectivity index (χ1) is 13.1. The molecule has 1 amide bonds. The SMILES string of the molecule is O=C(c1ccccc1Cl)N1CCCCC1c1nc(-c2ccc(F)cc2)no1. The monoisotopic (exact) mass is 385 g/mol. The summed E-state index contributed by atoms with van der Waals surface area (Å²) in [7, 11) is 0. The number of rotatable bonds is 3. The molecule has 1 unspecified atom stereocenters. The third-order valence-corrected chi connectivity index (χ3v) is 5.03. The van der Waals surface area contributed by atoms with E-state index in [1.54, 1.807) is 41.3 Å². The molecule has 4 rings (SSSR count). The minimum Gasteiger partial charge on any atom is -0.337 e. The second-order valence-corrected chi connectivity index (χ2v) is 6.86. The molecular weight excluding hydrogens is 369 g/mol. The van der Waals surface area contributed by atoms with E-state index in [1.807, 2.05) is 0 Å². The van der Waals surface area contributed by atoms with Crippen molar-refractivity contribution >= 4 is 17.5 Å². The number of likely N-dealkylation sites (tertiary alicyclic amines) is 1. The highest BCUT2D eigenvalue weighted by molar-refractivity contribution is 6.33. The summed E-state index contributed by atoms with van der Waals surface area (Å²) in [6, 6.07) is 12.6. The van der Waals surface area contributed by atoms with Crippen LogP contribution in [0, 0.1) is 5.82 Å². The van der Waals surface area contributed by atoms with Gasteiger partial charge in [0, 0.05) is 12.1 Å². The summed E-state index contributed by atoms with van der Waals surface area (Å²) in [4.78, 5) is 19.2. The molecule has 1 aromatic heterocycles. The summed E-state index contributed by atoms with van der Waals surface area (Å²) in [5.41, 5.74) is 1.12. The van der Waals surface area contributed by atoms with Gasteiger partial charge in [-0.15, -0.1) is 0 Å². The van der Waals surface area contributed by atoms with Gasteiger partial charge in [0.1, 0.15) is 11.9 Å². The molecule has 1 atom stereocenters. The van der Waals surface area contributed by atoms with Gasteiger partial charge in [-0.05, 0) is 55.7 Å². The number of amides is 1. The van der Waals surface area contributed by atoms with Crippen LogP contribution in [0.5, 0.6) is 0 Å². The van der Waals surface area contributed by atoms with Crippen molar-refractivity contribution in [2.45, 2.75) is 25.3 Å². The third-order valence-electron chi connectivity index (χ3n) is 4.70. The zero-order valence-corrected chi connectivity index (χ0v) is 15.2. The number of hydrogen-bond acceptors (Lipinski definition) is 4. The molecule has 1 fully saturated rings. The van der Waals surface area contributed by atoms with Gasteiger partial charge in [0.25, 0.3) is 5.91 Å². The highest BCUT2D eigenvalue weighted by Gasteiger charge is 2.33. The molecule has 5 nitrogen and oxygen atoms in total. The fourth-order valence-corrected chi connectivity index (χ4v) is 3.52. The topological polar surface area (TPSA) is 59.2 Å². The van der Waals surface area contributed by atoms with E-state index in [4.69, 9.17) is 16.1 Å². The lowest BCUT2D eigenvalue weighted by Crippen LogP contribution is -2.38. The molecule has 138 valence electrons. The summed E-state index contributed by atoms with van der Waals surface area (Å²) in [6.45, 7) is 0.600. The highest BCUT2D eigenvalue weighted by Crippen LogP contribution is 2.33. The van der Waals surface area contributed by atoms with Gasteiger partial charge >= 0.3 is 0 Å². The van der Waals surface area contributed by atoms with Crippen molar-refractivity contribution in [2.75, 3.05) is 6.54 Å². The van der Waals surface area contributed by atoms with Crippen molar-refractivity contribution in [3.63, 3.8) is 0 Å². The number of carbonyl (C=O) groups excluding carboxylic acids is 1. The highest BCUT2D eigenvalue weighted by atomic mass is 35.5. The number of benzene rings is 2. The minimum absolute atomic E-state index is 0.146. The largest absolute Gasteiger partial charge is 0.337 e. The van der Waals surface area contributed by atoms with Crippen LogP contribution in [-0.4, -0.2) is 27.5 Å². The quantitative estimate of drug-likeness (QED) is 0.643. The molecule has 7 heteroatoms. The van der Waals surface area contributed by atoms with Gasteiger partial charge in [0.15, 0.2) is 0 Å². The predicted octanol–water partition coefficient (Wildman–Crippen LogP) is 4.90. The summed E-state index contributed by atoms with van der Waals surface area (Å²) in [5.74, 6) is 0.285. The van der Waals surface area contributed by atoms with Crippen molar-refractivity contribution in [2.24, 2.45) is 0 Å². The molecule has 0 aliphatic carbocycles. The number of halogens is 2. The molecule has 1 aliphatic heterocycles. The average Bonchev–Trinajstić information content (AvgIpc) is 3.18. The molecule has 2 heterocycles. The van der Waals surface area contributed by atoms with Crippen LogP contribution < -0.4 is 0 Å². The number of nitrogens with zero attached hydrogens (tertiary/aromatic N) is 3. The maximum atomic E-state index is 13.1. The van der Waals surface area contributed by atoms with Crippen LogP contribution in [-0.2, 0) is 0 Å². The van der Waals surface area contributed by atoms with Crippen LogP contribution in [0.1, 0.15) is 41.6 Å². The number of carbonyl (C=O) groups is 1. The smallest absolute Gasteiger partial charge is 0.256 e. The first-order valence-electron chi connectivity index (χ1n) is 8.78. The lowest BCUT2D eigenvalue weighted by Gasteiger charge is -2.33. The van der Waals surface area contributed by atoms with Gasteiger partial charge in [-0.2, -0.15) is 4.98 Å². The van der Waals surface area contributed by atoms with Gasteiger partial charge < -0.3 is 9.42 Å². The zero-order chi connectivity index (χ0) is 18.8. The summed E-state index contributed by atoms with van der Waals surface area (Å²) in [6.07, 6.45) is 2.61. The molecule has 0 N–H and O–H groups in total. The average molecular weight is 386 g/mol. The van der Waals surface area contributed by atoms with Crippen molar-refractivity contribution in [3.05, 3.63) is 70.8 Å². The number of aromatic nitrogens is 2. The Balaban J connectivity index is 1.62. The van der Waals surface area contributed by atoms with E-state index in [0.717, 1.165) is 19.3 Å². The molecule has 1 saturated heterocycles. The van der Waals surface area contributed by atoms with Crippen LogP contribution in [0.25, 0.3) is 11.4 Å². The molecule has 0 bridgehead atoms. The maximum absolute atomic E-state index is 13.1. The van der Waals surface area contributed by atoms with E-state index in [0.29, 0.717) is 34.4 Å². The zero-order valence-electron chi connectivity index (χ0n) is 14.4. The molecule has 0 radical (unpaired) electrons. The lowest BCUT2D eigenvalue weighted by molar-refractivity contribution is 0.0561. The van der Waals surface area contributed by atoms with Crippen LogP contribution >= 0.6 is 11.6 Å². The Morgan fingerprint density at radius 3 is 2.70 bits per heavy atom. The minimum atomic E-state index is -0.328. The van der Waals surface area contributed by atoms with Gasteiger partial charge in [-0.3, -0.25) is 4.79 Å². The Hall–Kier alpha value is -2.73. The normalized spacial score (nSPS) is 17.1. The Kier molecular flexibility index (Phi) is 4.90. The van der Waals surface area contributed by atoms with Crippen molar-refractivity contribution < 1.29 is 13.7 Å². The fraction of sp³-hybridized carbons (Fsp3) is 0.250. The first-order valence-corrected chi connectivity index (χ1v) is 9.16. The van der Waals surface area contributed by atoms with E-state index >= 15 is 0 Å². The van der Waals surface area contributed by atoms with Gasteiger partial charge in [-0.25, -0.2) is 4.39 Å². The van der Waals surface area contributed by atoms with Gasteiger partial charge in [0.2, 0.25) is 11.7 Å². The first kappa shape index (κ1) is 17.7. The van der Waals surface area contributed by atoms with Crippen LogP contribution in [0.4, 0.5) is 4.39 Å². The summed E-state index contributed by atoms with van der Waals surface area (Å²) in [5, 5.41) is 4.42.